The number of rotatable bonds is 10. The summed E-state index contributed by atoms with van der Waals surface area (Å²) in [5, 5.41) is 8.90. The standard InChI is InChI=1S/C24H28F2N7O4PS/c1-14(37-38(35)36-2)33-12-15(10-29-33)24-31-19(13-39-24)23(34)30-18(11-28-16-6-4-3-5-7-16)21(27)22-17(25)8-9-20(26)32-22/h8-14,16,35H,3-7,27H2,1-2H3,(H,30,34)/b21-18+,28-11?. The second kappa shape index (κ2) is 13.3. The molecule has 208 valence electrons. The number of carbonyl (C=O) groups is 1. The minimum Gasteiger partial charge on any atom is -0.395 e. The van der Waals surface area contributed by atoms with Crippen molar-refractivity contribution in [2.24, 2.45) is 10.7 Å². The molecule has 11 nitrogen and oxygen atoms in total. The van der Waals surface area contributed by atoms with Gasteiger partial charge >= 0.3 is 8.60 Å². The van der Waals surface area contributed by atoms with Crippen LogP contribution in [0.5, 0.6) is 0 Å². The first-order valence-corrected chi connectivity index (χ1v) is 14.1. The van der Waals surface area contributed by atoms with E-state index >= 15 is 0 Å². The smallest absolute Gasteiger partial charge is 0.331 e. The molecular formula is C24H28F2N7O4PS. The highest BCUT2D eigenvalue weighted by Gasteiger charge is 2.20. The fourth-order valence-electron chi connectivity index (χ4n) is 3.88. The van der Waals surface area contributed by atoms with E-state index in [1.165, 1.54) is 29.3 Å². The van der Waals surface area contributed by atoms with E-state index in [-0.39, 0.29) is 23.1 Å². The van der Waals surface area contributed by atoms with Gasteiger partial charge in [0.2, 0.25) is 5.95 Å². The quantitative estimate of drug-likeness (QED) is 0.180. The van der Waals surface area contributed by atoms with Crippen LogP contribution < -0.4 is 11.1 Å². The van der Waals surface area contributed by atoms with E-state index in [0.29, 0.717) is 10.6 Å². The van der Waals surface area contributed by atoms with Gasteiger partial charge in [-0.15, -0.1) is 11.3 Å². The molecule has 0 spiro atoms. The minimum atomic E-state index is -2.03. The molecule has 3 aromatic heterocycles. The molecule has 3 aromatic rings. The summed E-state index contributed by atoms with van der Waals surface area (Å²) in [7, 11) is -0.705. The largest absolute Gasteiger partial charge is 0.395 e. The van der Waals surface area contributed by atoms with Crippen LogP contribution in [0.15, 0.2) is 40.6 Å². The Balaban J connectivity index is 1.55. The molecule has 2 unspecified atom stereocenters. The zero-order valence-electron chi connectivity index (χ0n) is 21.3. The van der Waals surface area contributed by atoms with Gasteiger partial charge in [-0.2, -0.15) is 9.49 Å². The van der Waals surface area contributed by atoms with Crippen molar-refractivity contribution in [2.75, 3.05) is 7.11 Å². The minimum absolute atomic E-state index is 0.00504. The SMILES string of the molecule is COP(O)OC(C)n1cc(-c2nc(C(=O)N/C(C=NC3CCCCC3)=C(/N)c3nc(F)ccc3F)cs2)cn1. The Morgan fingerprint density at radius 3 is 2.85 bits per heavy atom. The van der Waals surface area contributed by atoms with Gasteiger partial charge in [-0.05, 0) is 31.9 Å². The summed E-state index contributed by atoms with van der Waals surface area (Å²) < 4.78 is 39.7. The molecule has 15 heteroatoms. The number of nitrogens with zero attached hydrogens (tertiary/aromatic N) is 5. The van der Waals surface area contributed by atoms with Gasteiger partial charge in [-0.25, -0.2) is 19.0 Å². The molecule has 2 atom stereocenters. The second-order valence-corrected chi connectivity index (χ2v) is 10.6. The topological polar surface area (TPSA) is 150 Å². The van der Waals surface area contributed by atoms with E-state index in [4.69, 9.17) is 14.8 Å². The van der Waals surface area contributed by atoms with Crippen molar-refractivity contribution in [1.29, 1.82) is 0 Å². The van der Waals surface area contributed by atoms with Crippen molar-refractivity contribution in [1.82, 2.24) is 25.1 Å². The summed E-state index contributed by atoms with van der Waals surface area (Å²) in [4.78, 5) is 35.2. The zero-order chi connectivity index (χ0) is 27.9. The highest BCUT2D eigenvalue weighted by molar-refractivity contribution is 7.40. The Morgan fingerprint density at radius 2 is 2.10 bits per heavy atom. The van der Waals surface area contributed by atoms with Gasteiger partial charge in [-0.1, -0.05) is 19.3 Å². The fourth-order valence-corrected chi connectivity index (χ4v) is 5.10. The summed E-state index contributed by atoms with van der Waals surface area (Å²) in [5.41, 5.74) is 6.17. The Hall–Kier alpha value is -3.16. The predicted molar refractivity (Wildman–Crippen MR) is 143 cm³/mol. The van der Waals surface area contributed by atoms with Crippen LogP contribution in [-0.4, -0.2) is 49.9 Å². The molecule has 4 rings (SSSR count). The first kappa shape index (κ1) is 28.8. The molecule has 0 bridgehead atoms. The van der Waals surface area contributed by atoms with Gasteiger partial charge in [0, 0.05) is 30.5 Å². The van der Waals surface area contributed by atoms with Gasteiger partial charge in [0.15, 0.2) is 12.0 Å². The third-order valence-electron chi connectivity index (χ3n) is 5.95. The molecule has 0 radical (unpaired) electrons. The van der Waals surface area contributed by atoms with E-state index in [9.17, 15) is 18.5 Å². The van der Waals surface area contributed by atoms with E-state index in [0.717, 1.165) is 44.2 Å². The molecule has 1 saturated carbocycles. The normalized spacial score (nSPS) is 16.7. The number of carbonyl (C=O) groups excluding carboxylic acids is 1. The molecule has 1 aliphatic rings. The monoisotopic (exact) mass is 579 g/mol. The first-order chi connectivity index (χ1) is 18.7. The summed E-state index contributed by atoms with van der Waals surface area (Å²) in [6, 6.07) is 1.84. The van der Waals surface area contributed by atoms with Crippen LogP contribution in [0.2, 0.25) is 0 Å². The maximum atomic E-state index is 14.4. The van der Waals surface area contributed by atoms with Crippen molar-refractivity contribution in [2.45, 2.75) is 51.3 Å². The Kier molecular flexibility index (Phi) is 9.81. The number of halogens is 2. The number of hydrogen-bond acceptors (Lipinski definition) is 10. The lowest BCUT2D eigenvalue weighted by molar-refractivity contribution is 0.0963. The number of thiazole rings is 1. The highest BCUT2D eigenvalue weighted by Crippen LogP contribution is 2.36. The molecule has 39 heavy (non-hydrogen) atoms. The molecule has 4 N–H and O–H groups in total. The first-order valence-electron chi connectivity index (χ1n) is 12.1. The van der Waals surface area contributed by atoms with Crippen molar-refractivity contribution < 1.29 is 27.5 Å². The van der Waals surface area contributed by atoms with Gasteiger partial charge in [0.1, 0.15) is 16.4 Å². The predicted octanol–water partition coefficient (Wildman–Crippen LogP) is 4.54. The van der Waals surface area contributed by atoms with Crippen LogP contribution in [0.3, 0.4) is 0 Å². The van der Waals surface area contributed by atoms with Crippen LogP contribution in [0.4, 0.5) is 8.78 Å². The number of aromatic nitrogens is 4. The van der Waals surface area contributed by atoms with Crippen molar-refractivity contribution >= 4 is 37.8 Å². The summed E-state index contributed by atoms with van der Waals surface area (Å²) in [6.45, 7) is 1.69. The lowest BCUT2D eigenvalue weighted by atomic mass is 9.96. The van der Waals surface area contributed by atoms with Crippen molar-refractivity contribution in [3.8, 4) is 10.6 Å². The molecule has 1 aliphatic carbocycles. The van der Waals surface area contributed by atoms with Crippen LogP contribution in [-0.2, 0) is 9.05 Å². The molecule has 1 amide bonds. The molecular weight excluding hydrogens is 551 g/mol. The lowest BCUT2D eigenvalue weighted by Crippen LogP contribution is -2.27. The molecule has 0 aromatic carbocycles. The van der Waals surface area contributed by atoms with Gasteiger partial charge in [0.05, 0.1) is 23.6 Å². The Bertz CT molecular complexity index is 1360. The van der Waals surface area contributed by atoms with Crippen LogP contribution in [0.25, 0.3) is 16.3 Å². The maximum Gasteiger partial charge on any atom is 0.331 e. The Morgan fingerprint density at radius 1 is 1.33 bits per heavy atom. The summed E-state index contributed by atoms with van der Waals surface area (Å²) in [6.07, 6.45) is 8.98. The third-order valence-corrected chi connectivity index (χ3v) is 7.64. The van der Waals surface area contributed by atoms with E-state index in [2.05, 4.69) is 25.4 Å². The van der Waals surface area contributed by atoms with Gasteiger partial charge in [0.25, 0.3) is 5.91 Å². The molecule has 1 fully saturated rings. The van der Waals surface area contributed by atoms with Gasteiger partial charge in [-0.3, -0.25) is 14.3 Å². The summed E-state index contributed by atoms with van der Waals surface area (Å²) >= 11 is 1.21. The van der Waals surface area contributed by atoms with Crippen LogP contribution in [0.1, 0.15) is 61.4 Å². The highest BCUT2D eigenvalue weighted by atomic mass is 32.1. The maximum absolute atomic E-state index is 14.4. The number of amides is 1. The van der Waals surface area contributed by atoms with E-state index in [1.54, 1.807) is 24.7 Å². The molecule has 0 saturated heterocycles. The van der Waals surface area contributed by atoms with Crippen molar-refractivity contribution in [3.05, 3.63) is 58.8 Å². The number of nitrogens with one attached hydrogen (secondary N) is 1. The fraction of sp³-hybridized carbons (Fsp3) is 0.375. The lowest BCUT2D eigenvalue weighted by Gasteiger charge is -2.18. The van der Waals surface area contributed by atoms with E-state index < -0.39 is 38.2 Å². The average Bonchev–Trinajstić information content (AvgIpc) is 3.63. The number of hydrogen-bond donors (Lipinski definition) is 3. The number of nitrogens with two attached hydrogens (primary N) is 1. The zero-order valence-corrected chi connectivity index (χ0v) is 23.0. The summed E-state index contributed by atoms with van der Waals surface area (Å²) in [5.74, 6) is -2.36. The molecule has 3 heterocycles. The van der Waals surface area contributed by atoms with Crippen LogP contribution >= 0.6 is 19.9 Å². The Labute approximate surface area is 228 Å². The molecule has 0 aliphatic heterocycles. The second-order valence-electron chi connectivity index (χ2n) is 8.69. The number of allylic oxidation sites excluding steroid dienone is 1. The van der Waals surface area contributed by atoms with E-state index in [1.807, 2.05) is 0 Å². The number of aliphatic imine (C=N–C) groups is 1. The third kappa shape index (κ3) is 7.49. The van der Waals surface area contributed by atoms with Gasteiger partial charge < -0.3 is 20.5 Å². The average molecular weight is 580 g/mol. The van der Waals surface area contributed by atoms with Crippen LogP contribution in [0, 0.1) is 11.8 Å². The number of pyridine rings is 1. The van der Waals surface area contributed by atoms with Crippen molar-refractivity contribution in [3.63, 3.8) is 0 Å².